The highest BCUT2D eigenvalue weighted by molar-refractivity contribution is 6.14. The summed E-state index contributed by atoms with van der Waals surface area (Å²) in [7, 11) is 0. The van der Waals surface area contributed by atoms with Crippen molar-refractivity contribution in [1.29, 1.82) is 0 Å². The molecule has 12 nitrogen and oxygen atoms in total. The first-order valence-electron chi connectivity index (χ1n) is 27.3. The van der Waals surface area contributed by atoms with Gasteiger partial charge in [-0.25, -0.2) is 8.84 Å². The van der Waals surface area contributed by atoms with Crippen molar-refractivity contribution in [3.05, 3.63) is 0 Å². The van der Waals surface area contributed by atoms with Crippen molar-refractivity contribution < 1.29 is 38.1 Å². The summed E-state index contributed by atoms with van der Waals surface area (Å²) in [6.07, 6.45) is 20.0. The van der Waals surface area contributed by atoms with Crippen molar-refractivity contribution in [3.8, 4) is 0 Å². The largest absolute Gasteiger partial charge is 0.462 e. The third-order valence-electron chi connectivity index (χ3n) is 14.6. The number of halogens is 2. The number of unbranched alkanes of at least 4 members (excludes halogenated alkanes) is 10. The van der Waals surface area contributed by atoms with Crippen LogP contribution in [-0.2, 0) is 38.1 Å². The highest BCUT2D eigenvalue weighted by atomic mass is 35.5. The second kappa shape index (κ2) is 26.2. The van der Waals surface area contributed by atoms with Gasteiger partial charge >= 0.3 is 23.9 Å². The highest BCUT2D eigenvalue weighted by Crippen LogP contribution is 2.42. The first-order chi connectivity index (χ1) is 32.0. The fraction of sp³-hybridized carbons (Fsp3) is 0.929. The number of carbonyl (C=O) groups excluding carboxylic acids is 4. The van der Waals surface area contributed by atoms with Crippen LogP contribution in [0.5, 0.6) is 0 Å². The standard InChI is InChI=1S/C28H50Cl2N2O4.C28H52N2O4/c1-25(2)17-21(18-26(3,4)31(25)29)35-23(33)15-13-11-9-10-12-14-16-24(34)36-22-19-27(5,6)32(30)28(7,8)20-22;1-25(2)17-21(18-26(3,4)29-25)33-23(31)15-13-11-9-10-12-14-16-24(32)34-22-19-27(5,6)30-28(7,8)20-22/h21-22H,9-20H2,1-8H3;21-22,29-30H,9-20H2,1-8H3. The van der Waals surface area contributed by atoms with E-state index in [2.05, 4.69) is 121 Å². The number of piperidine rings is 4. The maximum absolute atomic E-state index is 12.4. The molecule has 0 atom stereocenters. The minimum Gasteiger partial charge on any atom is -0.462 e. The normalized spacial score (nSPS) is 24.1. The minimum absolute atomic E-state index is 0.000484. The van der Waals surface area contributed by atoms with E-state index < -0.39 is 0 Å². The van der Waals surface area contributed by atoms with Crippen LogP contribution < -0.4 is 10.6 Å². The van der Waals surface area contributed by atoms with Gasteiger partial charge in [0.2, 0.25) is 0 Å². The molecule has 2 N–H and O–H groups in total. The molecule has 0 aromatic heterocycles. The van der Waals surface area contributed by atoms with Gasteiger partial charge in [-0.2, -0.15) is 0 Å². The van der Waals surface area contributed by atoms with Crippen molar-refractivity contribution in [3.63, 3.8) is 0 Å². The maximum Gasteiger partial charge on any atom is 0.306 e. The number of carbonyl (C=O) groups is 4. The van der Waals surface area contributed by atoms with Crippen molar-refractivity contribution in [2.45, 2.75) is 334 Å². The molecule has 0 aromatic carbocycles. The van der Waals surface area contributed by atoms with Gasteiger partial charge in [0.05, 0.1) is 0 Å². The summed E-state index contributed by atoms with van der Waals surface area (Å²) in [5.41, 5.74) is -0.907. The molecule has 4 saturated heterocycles. The van der Waals surface area contributed by atoms with Crippen LogP contribution in [0.15, 0.2) is 0 Å². The monoisotopic (exact) mass is 1030 g/mol. The van der Waals surface area contributed by atoms with Gasteiger partial charge in [-0.1, -0.05) is 51.4 Å². The maximum atomic E-state index is 12.4. The smallest absolute Gasteiger partial charge is 0.306 e. The molecule has 0 spiro atoms. The van der Waals surface area contributed by atoms with E-state index in [0.29, 0.717) is 25.7 Å². The second-order valence-electron chi connectivity index (χ2n) is 26.9. The molecule has 14 heteroatoms. The van der Waals surface area contributed by atoms with E-state index in [0.717, 1.165) is 128 Å². The molecule has 4 rings (SSSR count). The lowest BCUT2D eigenvalue weighted by atomic mass is 9.81. The molecule has 4 aliphatic rings. The first-order valence-corrected chi connectivity index (χ1v) is 28.0. The summed E-state index contributed by atoms with van der Waals surface area (Å²) in [6.45, 7) is 34.1. The molecule has 4 aliphatic heterocycles. The fourth-order valence-corrected chi connectivity index (χ4v) is 12.9. The zero-order valence-electron chi connectivity index (χ0n) is 47.2. The lowest BCUT2D eigenvalue weighted by Crippen LogP contribution is -2.59. The lowest BCUT2D eigenvalue weighted by molar-refractivity contribution is -0.157. The van der Waals surface area contributed by atoms with E-state index in [1.807, 2.05) is 8.84 Å². The zero-order chi connectivity index (χ0) is 53.0. The molecule has 0 aliphatic carbocycles. The summed E-state index contributed by atoms with van der Waals surface area (Å²) in [6, 6.07) is 0. The third kappa shape index (κ3) is 22.4. The van der Waals surface area contributed by atoms with E-state index in [4.69, 9.17) is 42.5 Å². The Labute approximate surface area is 436 Å². The Balaban J connectivity index is 0.000000371. The number of rotatable bonds is 22. The molecule has 70 heavy (non-hydrogen) atoms. The molecule has 0 bridgehead atoms. The molecule has 0 radical (unpaired) electrons. The quantitative estimate of drug-likeness (QED) is 0.0462. The van der Waals surface area contributed by atoms with Crippen molar-refractivity contribution in [2.75, 3.05) is 0 Å². The summed E-state index contributed by atoms with van der Waals surface area (Å²) in [5.74, 6) is -0.344. The Hall–Kier alpha value is -1.70. The number of hydrogen-bond acceptors (Lipinski definition) is 12. The molecule has 0 amide bonds. The Morgan fingerprint density at radius 3 is 0.714 bits per heavy atom. The average molecular weight is 1030 g/mol. The molecular weight excluding hydrogens is 928 g/mol. The van der Waals surface area contributed by atoms with E-state index in [-0.39, 0.29) is 92.6 Å². The molecule has 0 saturated carbocycles. The van der Waals surface area contributed by atoms with E-state index in [1.54, 1.807) is 0 Å². The van der Waals surface area contributed by atoms with Crippen LogP contribution in [-0.4, -0.2) is 101 Å². The molecular formula is C56H102Cl2N4O8. The molecule has 4 heterocycles. The topological polar surface area (TPSA) is 136 Å². The van der Waals surface area contributed by atoms with Gasteiger partial charge in [-0.05, 0) is 160 Å². The van der Waals surface area contributed by atoms with Crippen LogP contribution in [0.4, 0.5) is 0 Å². The molecule has 4 fully saturated rings. The number of nitrogens with zero attached hydrogens (tertiary/aromatic N) is 2. The number of hydrogen-bond donors (Lipinski definition) is 2. The summed E-state index contributed by atoms with van der Waals surface area (Å²) in [5, 5.41) is 7.25. The van der Waals surface area contributed by atoms with Crippen LogP contribution >= 0.6 is 23.6 Å². The second-order valence-corrected chi connectivity index (χ2v) is 27.6. The Kier molecular flexibility index (Phi) is 23.4. The van der Waals surface area contributed by atoms with Gasteiger partial charge in [0.1, 0.15) is 24.4 Å². The van der Waals surface area contributed by atoms with Gasteiger partial charge in [0.15, 0.2) is 0 Å². The van der Waals surface area contributed by atoms with Gasteiger partial charge in [0.25, 0.3) is 0 Å². The van der Waals surface area contributed by atoms with Crippen LogP contribution in [0.3, 0.4) is 0 Å². The van der Waals surface area contributed by atoms with Gasteiger partial charge in [-0.3, -0.25) is 19.2 Å². The summed E-state index contributed by atoms with van der Waals surface area (Å²) in [4.78, 5) is 49.3. The zero-order valence-corrected chi connectivity index (χ0v) is 48.7. The Morgan fingerprint density at radius 2 is 0.514 bits per heavy atom. The summed E-state index contributed by atoms with van der Waals surface area (Å²) >= 11 is 13.0. The van der Waals surface area contributed by atoms with Crippen molar-refractivity contribution >= 4 is 47.4 Å². The first kappa shape index (κ1) is 62.6. The fourth-order valence-electron chi connectivity index (χ4n) is 12.6. The van der Waals surface area contributed by atoms with Crippen molar-refractivity contribution in [2.24, 2.45) is 0 Å². The van der Waals surface area contributed by atoms with Gasteiger partial charge in [0, 0.05) is 121 Å². The predicted octanol–water partition coefficient (Wildman–Crippen LogP) is 13.4. The Morgan fingerprint density at radius 1 is 0.343 bits per heavy atom. The molecule has 0 unspecified atom stereocenters. The van der Waals surface area contributed by atoms with Crippen LogP contribution in [0, 0.1) is 0 Å². The van der Waals surface area contributed by atoms with E-state index in [9.17, 15) is 19.2 Å². The summed E-state index contributed by atoms with van der Waals surface area (Å²) < 4.78 is 26.9. The molecule has 0 aromatic rings. The van der Waals surface area contributed by atoms with Crippen LogP contribution in [0.1, 0.15) is 265 Å². The SMILES string of the molecule is CC1(C)CC(OC(=O)CCCCCCCCC(=O)OC2CC(C)(C)N(Cl)C(C)(C)C2)CC(C)(C)N1Cl.CC1(C)CC(OC(=O)CCCCCCCCC(=O)OC2CC(C)(C)NC(C)(C)C2)CC(C)(C)N1. The van der Waals surface area contributed by atoms with Gasteiger partial charge in [-0.15, -0.1) is 0 Å². The van der Waals surface area contributed by atoms with Crippen molar-refractivity contribution in [1.82, 2.24) is 19.5 Å². The Bertz CT molecular complexity index is 1490. The molecule has 408 valence electrons. The number of nitrogens with one attached hydrogen (secondary N) is 2. The van der Waals surface area contributed by atoms with Gasteiger partial charge < -0.3 is 29.6 Å². The average Bonchev–Trinajstić information content (AvgIpc) is 3.15. The third-order valence-corrected chi connectivity index (χ3v) is 16.4. The predicted molar refractivity (Wildman–Crippen MR) is 285 cm³/mol. The number of esters is 4. The van der Waals surface area contributed by atoms with E-state index >= 15 is 0 Å². The van der Waals surface area contributed by atoms with E-state index in [1.165, 1.54) is 0 Å². The van der Waals surface area contributed by atoms with Crippen LogP contribution in [0.2, 0.25) is 0 Å². The lowest BCUT2D eigenvalue weighted by Gasteiger charge is -2.50. The number of ether oxygens (including phenoxy) is 4. The van der Waals surface area contributed by atoms with Crippen LogP contribution in [0.25, 0.3) is 0 Å². The highest BCUT2D eigenvalue weighted by Gasteiger charge is 2.48. The minimum atomic E-state index is -0.213.